The van der Waals surface area contributed by atoms with Crippen LogP contribution in [0.4, 0.5) is 0 Å². The molecule has 476 valence electrons. The summed E-state index contributed by atoms with van der Waals surface area (Å²) in [6, 6.07) is 28.6. The van der Waals surface area contributed by atoms with E-state index >= 15 is 0 Å². The third-order valence-electron chi connectivity index (χ3n) is 11.2. The fourth-order valence-electron chi connectivity index (χ4n) is 7.85. The van der Waals surface area contributed by atoms with E-state index in [0.29, 0.717) is 28.3 Å². The van der Waals surface area contributed by atoms with E-state index in [4.69, 9.17) is 38.0 Å². The van der Waals surface area contributed by atoms with Gasteiger partial charge in [-0.15, -0.1) is 6.42 Å². The lowest BCUT2D eigenvalue weighted by atomic mass is 9.88. The fourth-order valence-corrected chi connectivity index (χ4v) is 7.85. The van der Waals surface area contributed by atoms with Gasteiger partial charge in [-0.1, -0.05) is 163 Å². The Bertz CT molecular complexity index is 3330. The summed E-state index contributed by atoms with van der Waals surface area (Å²) in [5, 5.41) is 52.0. The van der Waals surface area contributed by atoms with Crippen LogP contribution in [0.1, 0.15) is 225 Å². The molecule has 0 aliphatic rings. The van der Waals surface area contributed by atoms with Crippen molar-refractivity contribution in [2.75, 3.05) is 0 Å². The molecule has 0 bridgehead atoms. The van der Waals surface area contributed by atoms with Gasteiger partial charge in [0.25, 0.3) is 0 Å². The molecule has 7 aromatic rings. The van der Waals surface area contributed by atoms with Crippen LogP contribution in [0.15, 0.2) is 104 Å². The van der Waals surface area contributed by atoms with Crippen molar-refractivity contribution < 1.29 is 0 Å². The van der Waals surface area contributed by atoms with Gasteiger partial charge in [0, 0.05) is 67.6 Å². The van der Waals surface area contributed by atoms with Gasteiger partial charge in [0.05, 0.1) is 16.8 Å². The van der Waals surface area contributed by atoms with E-state index in [1.165, 1.54) is 6.33 Å². The molecule has 0 unspecified atom stereocenters. The maximum absolute atomic E-state index is 8.83. The monoisotopic (exact) mass is 1220 g/mol. The van der Waals surface area contributed by atoms with E-state index in [1.54, 1.807) is 67.6 Å². The van der Waals surface area contributed by atoms with Gasteiger partial charge in [0.1, 0.15) is 77.2 Å². The van der Waals surface area contributed by atoms with Crippen LogP contribution in [0.3, 0.4) is 0 Å². The van der Waals surface area contributed by atoms with Gasteiger partial charge < -0.3 is 0 Å². The van der Waals surface area contributed by atoms with Crippen molar-refractivity contribution in [3.8, 4) is 48.8 Å². The standard InChI is InChI=1S/4C11H14N2.3C10H13N3/c1-11(2,3)7-10-9(8-12)5-4-6-13-10;1-11(2,3)7-9-5-4-6-13-10(9)8-12;1-11(2,3)7-9-5-4-6-10(8-12)13-9;1-5-9-7-12-10(13-8-9)6-11(2,3)4;1-10(2,3)4-8-6-12-9(5-11)13-7-8;1-10(2,3)5-8-4-9(6-11)13-7-12-8;1-10(2,3)6-9-12-5-4-8(7-11)13-9/h3*4-6H,7H2,1-3H3;1,7-8H,6H2,2-4H3;6-7H,4H2,1-3H3;4,7H,5H2,1-3H3;4-5H,6H2,1-3H3. The zero-order chi connectivity index (χ0) is 69.3. The van der Waals surface area contributed by atoms with E-state index in [1.807, 2.05) is 54.6 Å². The minimum absolute atomic E-state index is 0.161. The van der Waals surface area contributed by atoms with Crippen LogP contribution in [0, 0.1) is 118 Å². The Balaban J connectivity index is 0.000000531. The Morgan fingerprint density at radius 2 is 0.879 bits per heavy atom. The molecule has 0 radical (unpaired) electrons. The Labute approximate surface area is 544 Å². The topological polar surface area (TPSA) is 285 Å². The predicted molar refractivity (Wildman–Crippen MR) is 359 cm³/mol. The zero-order valence-electron chi connectivity index (χ0n) is 57.9. The van der Waals surface area contributed by atoms with Gasteiger partial charge in [0.2, 0.25) is 5.82 Å². The highest BCUT2D eigenvalue weighted by Gasteiger charge is 2.18. The Morgan fingerprint density at radius 1 is 0.374 bits per heavy atom. The van der Waals surface area contributed by atoms with Crippen LogP contribution >= 0.6 is 0 Å². The molecular formula is C74H95N17. The van der Waals surface area contributed by atoms with Crippen LogP contribution in [0.25, 0.3) is 0 Å². The number of nitrogens with zero attached hydrogens (tertiary/aromatic N) is 17. The Morgan fingerprint density at radius 3 is 1.37 bits per heavy atom. The van der Waals surface area contributed by atoms with Crippen molar-refractivity contribution in [2.24, 2.45) is 37.9 Å². The van der Waals surface area contributed by atoms with Gasteiger partial charge in [0.15, 0.2) is 0 Å². The maximum atomic E-state index is 8.83. The smallest absolute Gasteiger partial charge is 0.232 e. The molecule has 7 aromatic heterocycles. The average Bonchev–Trinajstić information content (AvgIpc) is 1.71. The second kappa shape index (κ2) is 37.3. The Kier molecular flexibility index (Phi) is 32.5. The number of pyridine rings is 3. The molecule has 7 rings (SSSR count). The molecular weight excluding hydrogens is 1130 g/mol. The first-order chi connectivity index (χ1) is 42.1. The van der Waals surface area contributed by atoms with Crippen LogP contribution in [0.2, 0.25) is 0 Å². The van der Waals surface area contributed by atoms with Crippen molar-refractivity contribution >= 4 is 0 Å². The fraction of sp³-hybridized carbons (Fsp3) is 0.473. The van der Waals surface area contributed by atoms with Gasteiger partial charge in [-0.05, 0) is 124 Å². The molecule has 0 aliphatic carbocycles. The van der Waals surface area contributed by atoms with Gasteiger partial charge >= 0.3 is 0 Å². The molecule has 0 fully saturated rings. The summed E-state index contributed by atoms with van der Waals surface area (Å²) >= 11 is 0. The first-order valence-electron chi connectivity index (χ1n) is 30.1. The predicted octanol–water partition coefficient (Wildman–Crippen LogP) is 15.5. The van der Waals surface area contributed by atoms with Crippen molar-refractivity contribution in [1.29, 1.82) is 31.6 Å². The van der Waals surface area contributed by atoms with Gasteiger partial charge in [-0.25, -0.2) is 49.8 Å². The van der Waals surface area contributed by atoms with Gasteiger partial charge in [-0.3, -0.25) is 4.98 Å². The molecule has 0 aliphatic heterocycles. The maximum Gasteiger partial charge on any atom is 0.232 e. The number of aromatic nitrogens is 11. The van der Waals surface area contributed by atoms with Crippen LogP contribution in [0.5, 0.6) is 0 Å². The minimum Gasteiger partial charge on any atom is -0.260 e. The number of hydrogen-bond donors (Lipinski definition) is 0. The molecule has 0 atom stereocenters. The summed E-state index contributed by atoms with van der Waals surface area (Å²) in [5.41, 5.74) is 9.71. The van der Waals surface area contributed by atoms with Crippen molar-refractivity contribution in [2.45, 2.75) is 190 Å². The molecule has 0 saturated heterocycles. The van der Waals surface area contributed by atoms with Crippen LogP contribution in [-0.2, 0) is 44.9 Å². The zero-order valence-corrected chi connectivity index (χ0v) is 57.9. The number of rotatable bonds is 7. The van der Waals surface area contributed by atoms with E-state index in [9.17, 15) is 0 Å². The molecule has 91 heavy (non-hydrogen) atoms. The third kappa shape index (κ3) is 39.7. The summed E-state index contributed by atoms with van der Waals surface area (Å²) in [7, 11) is 0. The number of nitriles is 6. The molecule has 0 N–H and O–H groups in total. The average molecular weight is 1220 g/mol. The highest BCUT2D eigenvalue weighted by Crippen LogP contribution is 2.25. The molecule has 0 amide bonds. The van der Waals surface area contributed by atoms with Crippen molar-refractivity contribution in [3.63, 3.8) is 0 Å². The summed E-state index contributed by atoms with van der Waals surface area (Å²) < 4.78 is 0. The molecule has 0 aromatic carbocycles. The van der Waals surface area contributed by atoms with E-state index in [0.717, 1.165) is 90.4 Å². The minimum atomic E-state index is 0.161. The summed E-state index contributed by atoms with van der Waals surface area (Å²) in [4.78, 5) is 44.8. The molecule has 0 spiro atoms. The normalized spacial score (nSPS) is 10.9. The molecule has 0 saturated carbocycles. The third-order valence-corrected chi connectivity index (χ3v) is 11.2. The highest BCUT2D eigenvalue weighted by atomic mass is 14.9. The van der Waals surface area contributed by atoms with Crippen LogP contribution in [-0.4, -0.2) is 54.8 Å². The van der Waals surface area contributed by atoms with E-state index in [-0.39, 0.29) is 43.7 Å². The molecule has 7 heterocycles. The van der Waals surface area contributed by atoms with E-state index in [2.05, 4.69) is 218 Å². The van der Waals surface area contributed by atoms with Crippen molar-refractivity contribution in [1.82, 2.24) is 54.8 Å². The molecule has 17 heteroatoms. The summed E-state index contributed by atoms with van der Waals surface area (Å²) in [6.07, 6.45) is 24.6. The lowest BCUT2D eigenvalue weighted by Crippen LogP contribution is -2.12. The largest absolute Gasteiger partial charge is 0.260 e. The van der Waals surface area contributed by atoms with Crippen LogP contribution < -0.4 is 0 Å². The lowest BCUT2D eigenvalue weighted by molar-refractivity contribution is 0.400. The first kappa shape index (κ1) is 79.3. The number of terminal acetylenes is 1. The second-order valence-corrected chi connectivity index (χ2v) is 30.1. The van der Waals surface area contributed by atoms with E-state index < -0.39 is 0 Å². The quantitative estimate of drug-likeness (QED) is 0.134. The SMILES string of the molecule is C#Cc1cnc(CC(C)(C)C)nc1.CC(C)(C)Cc1cc(C#N)ncn1.CC(C)(C)Cc1cccc(C#N)n1.CC(C)(C)Cc1cccnc1C#N.CC(C)(C)Cc1cnc(C#N)nc1.CC(C)(C)Cc1nccc(C#N)n1.CC(C)(C)Cc1ncccc1C#N. The first-order valence-corrected chi connectivity index (χ1v) is 30.1. The highest BCUT2D eigenvalue weighted by molar-refractivity contribution is 5.33. The van der Waals surface area contributed by atoms with Crippen molar-refractivity contribution in [3.05, 3.63) is 184 Å². The van der Waals surface area contributed by atoms with Gasteiger partial charge in [-0.2, -0.15) is 31.6 Å². The number of hydrogen-bond acceptors (Lipinski definition) is 17. The Hall–Kier alpha value is -9.73. The second-order valence-electron chi connectivity index (χ2n) is 30.1. The summed E-state index contributed by atoms with van der Waals surface area (Å²) in [5.74, 6) is 4.32. The summed E-state index contributed by atoms with van der Waals surface area (Å²) in [6.45, 7) is 45.1. The molecule has 17 nitrogen and oxygen atoms in total. The lowest BCUT2D eigenvalue weighted by Gasteiger charge is -2.18.